The van der Waals surface area contributed by atoms with E-state index in [2.05, 4.69) is 10.3 Å². The molecule has 1 aliphatic rings. The summed E-state index contributed by atoms with van der Waals surface area (Å²) >= 11 is 0. The Labute approximate surface area is 148 Å². The number of hydrogen-bond donors (Lipinski definition) is 2. The van der Waals surface area contributed by atoms with Gasteiger partial charge >= 0.3 is 18.0 Å². The van der Waals surface area contributed by atoms with Crippen molar-refractivity contribution >= 4 is 18.0 Å². The summed E-state index contributed by atoms with van der Waals surface area (Å²) in [5.74, 6) is -3.11. The molecule has 2 rings (SSSR count). The summed E-state index contributed by atoms with van der Waals surface area (Å²) in [6, 6.07) is 0. The minimum Gasteiger partial charge on any atom is -0.476 e. The van der Waals surface area contributed by atoms with Crippen molar-refractivity contribution in [2.24, 2.45) is 0 Å². The van der Waals surface area contributed by atoms with E-state index in [-0.39, 0.29) is 25.9 Å². The lowest BCUT2D eigenvalue weighted by Gasteiger charge is -2.36. The zero-order chi connectivity index (χ0) is 19.7. The third-order valence-corrected chi connectivity index (χ3v) is 3.88. The fraction of sp³-hybridized carbons (Fsp3) is 0.667. The van der Waals surface area contributed by atoms with Crippen molar-refractivity contribution in [2.75, 3.05) is 13.1 Å². The maximum absolute atomic E-state index is 15.1. The molecule has 1 fully saturated rings. The van der Waals surface area contributed by atoms with Crippen molar-refractivity contribution in [1.82, 2.24) is 19.9 Å². The smallest absolute Gasteiger partial charge is 0.410 e. The van der Waals surface area contributed by atoms with E-state index in [0.717, 1.165) is 4.68 Å². The van der Waals surface area contributed by atoms with E-state index >= 15 is 4.39 Å². The van der Waals surface area contributed by atoms with Crippen LogP contribution in [0.5, 0.6) is 0 Å². The second-order valence-corrected chi connectivity index (χ2v) is 7.17. The Morgan fingerprint density at radius 1 is 1.19 bits per heavy atom. The zero-order valence-corrected chi connectivity index (χ0v) is 14.7. The van der Waals surface area contributed by atoms with E-state index in [9.17, 15) is 14.4 Å². The molecule has 0 unspecified atom stereocenters. The Bertz CT molecular complexity index is 718. The molecule has 0 aromatic carbocycles. The number of aromatic carboxylic acids is 2. The molecule has 1 aliphatic heterocycles. The predicted molar refractivity (Wildman–Crippen MR) is 84.8 cm³/mol. The monoisotopic (exact) mass is 372 g/mol. The van der Waals surface area contributed by atoms with E-state index in [1.54, 1.807) is 20.8 Å². The molecule has 1 amide bonds. The van der Waals surface area contributed by atoms with Crippen molar-refractivity contribution in [3.63, 3.8) is 0 Å². The molecule has 1 aromatic rings. The summed E-state index contributed by atoms with van der Waals surface area (Å²) in [5.41, 5.74) is -3.92. The summed E-state index contributed by atoms with van der Waals surface area (Å²) in [6.45, 7) is 4.91. The second-order valence-electron chi connectivity index (χ2n) is 7.17. The quantitative estimate of drug-likeness (QED) is 0.810. The molecule has 0 spiro atoms. The normalized spacial score (nSPS) is 17.0. The number of halogens is 1. The number of piperidine rings is 1. The van der Waals surface area contributed by atoms with Gasteiger partial charge < -0.3 is 19.8 Å². The van der Waals surface area contributed by atoms with E-state index in [1.165, 1.54) is 4.90 Å². The first-order valence-corrected chi connectivity index (χ1v) is 7.99. The molecule has 0 bridgehead atoms. The largest absolute Gasteiger partial charge is 0.476 e. The molecular formula is C15H21FN4O6. The molecule has 10 nitrogen and oxygen atoms in total. The first kappa shape index (κ1) is 19.6. The van der Waals surface area contributed by atoms with Crippen LogP contribution in [0, 0.1) is 0 Å². The lowest BCUT2D eigenvalue weighted by atomic mass is 9.93. The molecule has 11 heteroatoms. The van der Waals surface area contributed by atoms with Gasteiger partial charge in [0.2, 0.25) is 5.69 Å². The molecule has 0 atom stereocenters. The Kier molecular flexibility index (Phi) is 5.19. The van der Waals surface area contributed by atoms with Gasteiger partial charge in [-0.1, -0.05) is 5.21 Å². The van der Waals surface area contributed by atoms with Gasteiger partial charge in [0.05, 0.1) is 6.54 Å². The van der Waals surface area contributed by atoms with E-state index in [4.69, 9.17) is 14.9 Å². The molecule has 144 valence electrons. The van der Waals surface area contributed by atoms with Crippen molar-refractivity contribution in [1.29, 1.82) is 0 Å². The van der Waals surface area contributed by atoms with E-state index in [0.29, 0.717) is 0 Å². The highest BCUT2D eigenvalue weighted by atomic mass is 19.1. The van der Waals surface area contributed by atoms with Gasteiger partial charge in [-0.25, -0.2) is 23.5 Å². The van der Waals surface area contributed by atoms with Gasteiger partial charge in [0.25, 0.3) is 0 Å². The molecular weight excluding hydrogens is 351 g/mol. The predicted octanol–water partition coefficient (Wildman–Crippen LogP) is 1.41. The van der Waals surface area contributed by atoms with Crippen molar-refractivity contribution in [2.45, 2.75) is 51.4 Å². The van der Waals surface area contributed by atoms with Crippen LogP contribution < -0.4 is 0 Å². The molecule has 0 radical (unpaired) electrons. The number of carbonyl (C=O) groups is 3. The minimum absolute atomic E-state index is 0.0619. The maximum Gasteiger partial charge on any atom is 0.410 e. The molecule has 1 saturated heterocycles. The number of rotatable bonds is 4. The lowest BCUT2D eigenvalue weighted by molar-refractivity contribution is -0.00170. The highest BCUT2D eigenvalue weighted by molar-refractivity contribution is 5.98. The van der Waals surface area contributed by atoms with Gasteiger partial charge in [0.1, 0.15) is 11.3 Å². The number of hydrogen-bond acceptors (Lipinski definition) is 6. The third kappa shape index (κ3) is 4.46. The summed E-state index contributed by atoms with van der Waals surface area (Å²) in [5, 5.41) is 24.9. The van der Waals surface area contributed by atoms with Gasteiger partial charge in [-0.15, -0.1) is 5.10 Å². The van der Waals surface area contributed by atoms with Crippen LogP contribution in [0.3, 0.4) is 0 Å². The zero-order valence-electron chi connectivity index (χ0n) is 14.7. The molecule has 2 N–H and O–H groups in total. The first-order valence-electron chi connectivity index (χ1n) is 7.99. The van der Waals surface area contributed by atoms with Gasteiger partial charge in [-0.3, -0.25) is 0 Å². The topological polar surface area (TPSA) is 135 Å². The van der Waals surface area contributed by atoms with Crippen LogP contribution in [-0.4, -0.2) is 72.5 Å². The average Bonchev–Trinajstić information content (AvgIpc) is 2.89. The van der Waals surface area contributed by atoms with Gasteiger partial charge in [-0.2, -0.15) is 0 Å². The summed E-state index contributed by atoms with van der Waals surface area (Å²) in [6.07, 6.45) is -0.666. The van der Waals surface area contributed by atoms with Crippen LogP contribution >= 0.6 is 0 Å². The number of carbonyl (C=O) groups excluding carboxylic acids is 1. The first-order chi connectivity index (χ1) is 11.9. The van der Waals surface area contributed by atoms with Crippen LogP contribution in [0.2, 0.25) is 0 Å². The summed E-state index contributed by atoms with van der Waals surface area (Å²) in [7, 11) is 0. The highest BCUT2D eigenvalue weighted by Gasteiger charge is 2.39. The number of carboxylic acid groups (broad SMARTS) is 2. The summed E-state index contributed by atoms with van der Waals surface area (Å²) in [4.78, 5) is 35.7. The van der Waals surface area contributed by atoms with Crippen LogP contribution in [0.4, 0.5) is 9.18 Å². The Morgan fingerprint density at radius 2 is 1.77 bits per heavy atom. The molecule has 1 aromatic heterocycles. The van der Waals surface area contributed by atoms with Crippen LogP contribution in [-0.2, 0) is 11.3 Å². The molecule has 26 heavy (non-hydrogen) atoms. The SMILES string of the molecule is CC(C)(C)OC(=O)N1CCC(F)(Cn2nnc(C(=O)O)c2C(=O)O)CC1. The highest BCUT2D eigenvalue weighted by Crippen LogP contribution is 2.29. The second kappa shape index (κ2) is 6.89. The van der Waals surface area contributed by atoms with Gasteiger partial charge in [0, 0.05) is 25.9 Å². The average molecular weight is 372 g/mol. The number of alkyl halides is 1. The fourth-order valence-electron chi connectivity index (χ4n) is 2.62. The number of nitrogens with zero attached hydrogens (tertiary/aromatic N) is 4. The number of likely N-dealkylation sites (tertiary alicyclic amines) is 1. The van der Waals surface area contributed by atoms with E-state index in [1.807, 2.05) is 0 Å². The van der Waals surface area contributed by atoms with Gasteiger partial charge in [-0.05, 0) is 20.8 Å². The molecule has 0 saturated carbocycles. The maximum atomic E-state index is 15.1. The third-order valence-electron chi connectivity index (χ3n) is 3.88. The van der Waals surface area contributed by atoms with Gasteiger partial charge in [0.15, 0.2) is 5.69 Å². The minimum atomic E-state index is -1.84. The summed E-state index contributed by atoms with van der Waals surface area (Å²) < 4.78 is 21.1. The van der Waals surface area contributed by atoms with Crippen LogP contribution in [0.15, 0.2) is 0 Å². The van der Waals surface area contributed by atoms with Crippen molar-refractivity contribution < 1.29 is 33.7 Å². The standard InChI is InChI=1S/C15H21FN4O6/c1-14(2,3)26-13(25)19-6-4-15(16,5-7-19)8-20-10(12(23)24)9(11(21)22)17-18-20/h4-8H2,1-3H3,(H,21,22)(H,23,24). The van der Waals surface area contributed by atoms with Crippen molar-refractivity contribution in [3.05, 3.63) is 11.4 Å². The van der Waals surface area contributed by atoms with E-state index < -0.39 is 47.2 Å². The van der Waals surface area contributed by atoms with Crippen LogP contribution in [0.25, 0.3) is 0 Å². The Hall–Kier alpha value is -2.72. The molecule has 0 aliphatic carbocycles. The Balaban J connectivity index is 2.07. The Morgan fingerprint density at radius 3 is 2.23 bits per heavy atom. The molecule has 2 heterocycles. The number of ether oxygens (including phenoxy) is 1. The van der Waals surface area contributed by atoms with Crippen LogP contribution in [0.1, 0.15) is 54.6 Å². The number of amides is 1. The van der Waals surface area contributed by atoms with Crippen molar-refractivity contribution in [3.8, 4) is 0 Å². The lowest BCUT2D eigenvalue weighted by Crippen LogP contribution is -2.48. The fourth-order valence-corrected chi connectivity index (χ4v) is 2.62. The number of carboxylic acids is 2. The number of aromatic nitrogens is 3.